The Kier molecular flexibility index (Phi) is 4.20. The van der Waals surface area contributed by atoms with Crippen molar-refractivity contribution in [1.82, 2.24) is 14.4 Å². The number of anilines is 1. The fourth-order valence-electron chi connectivity index (χ4n) is 3.95. The molecule has 30 heavy (non-hydrogen) atoms. The number of nitrogens with zero attached hydrogens (tertiary/aromatic N) is 2. The van der Waals surface area contributed by atoms with Crippen LogP contribution in [-0.4, -0.2) is 14.4 Å². The van der Waals surface area contributed by atoms with Crippen LogP contribution < -0.4 is 10.9 Å². The number of pyridine rings is 2. The van der Waals surface area contributed by atoms with Crippen molar-refractivity contribution in [3.05, 3.63) is 87.7 Å². The molecule has 0 saturated heterocycles. The van der Waals surface area contributed by atoms with Gasteiger partial charge in [0.15, 0.2) is 0 Å². The van der Waals surface area contributed by atoms with Gasteiger partial charge in [0.1, 0.15) is 22.9 Å². The molecule has 0 bridgehead atoms. The van der Waals surface area contributed by atoms with Gasteiger partial charge in [-0.2, -0.15) is 0 Å². The Morgan fingerprint density at radius 1 is 1.10 bits per heavy atom. The lowest BCUT2D eigenvalue weighted by Gasteiger charge is -2.09. The van der Waals surface area contributed by atoms with Gasteiger partial charge in [0, 0.05) is 6.20 Å². The number of hydrogen-bond acceptors (Lipinski definition) is 4. The third-order valence-electron chi connectivity index (χ3n) is 5.34. The van der Waals surface area contributed by atoms with Crippen molar-refractivity contribution in [3.8, 4) is 11.3 Å². The summed E-state index contributed by atoms with van der Waals surface area (Å²) < 4.78 is 7.42. The number of hydrogen-bond donors (Lipinski definition) is 2. The van der Waals surface area contributed by atoms with Gasteiger partial charge in [0.05, 0.1) is 23.9 Å². The summed E-state index contributed by atoms with van der Waals surface area (Å²) in [7, 11) is 0. The van der Waals surface area contributed by atoms with Crippen molar-refractivity contribution in [2.45, 2.75) is 27.3 Å². The monoisotopic (exact) mass is 398 g/mol. The summed E-state index contributed by atoms with van der Waals surface area (Å²) in [6, 6.07) is 13.9. The van der Waals surface area contributed by atoms with E-state index in [4.69, 9.17) is 9.40 Å². The largest absolute Gasteiger partial charge is 0.467 e. The highest BCUT2D eigenvalue weighted by molar-refractivity contribution is 5.88. The third kappa shape index (κ3) is 3.06. The van der Waals surface area contributed by atoms with Crippen molar-refractivity contribution in [3.63, 3.8) is 0 Å². The standard InChI is InChI=1S/C24H22N4O2/c1-14-6-7-28-20(11-14)26-22(23(28)25-13-18-5-4-8-30-18)19-12-17-10-15(2)9-16(3)21(17)27-24(19)29/h4-12,25H,13H2,1-3H3,(H,27,29). The zero-order chi connectivity index (χ0) is 20.8. The van der Waals surface area contributed by atoms with Gasteiger partial charge < -0.3 is 14.7 Å². The molecule has 0 amide bonds. The van der Waals surface area contributed by atoms with Crippen molar-refractivity contribution in [2.24, 2.45) is 0 Å². The van der Waals surface area contributed by atoms with E-state index in [1.807, 2.05) is 54.8 Å². The molecule has 4 aromatic heterocycles. The first-order valence-corrected chi connectivity index (χ1v) is 9.89. The molecule has 1 aromatic carbocycles. The van der Waals surface area contributed by atoms with Crippen LogP contribution >= 0.6 is 0 Å². The number of furan rings is 1. The second-order valence-corrected chi connectivity index (χ2v) is 7.73. The van der Waals surface area contributed by atoms with E-state index < -0.39 is 0 Å². The molecular weight excluding hydrogens is 376 g/mol. The molecule has 6 nitrogen and oxygen atoms in total. The second-order valence-electron chi connectivity index (χ2n) is 7.73. The topological polar surface area (TPSA) is 75.3 Å². The fourth-order valence-corrected chi connectivity index (χ4v) is 3.95. The van der Waals surface area contributed by atoms with E-state index in [1.165, 1.54) is 0 Å². The van der Waals surface area contributed by atoms with Crippen LogP contribution in [0.5, 0.6) is 0 Å². The first-order valence-electron chi connectivity index (χ1n) is 9.89. The van der Waals surface area contributed by atoms with Gasteiger partial charge in [-0.15, -0.1) is 0 Å². The number of fused-ring (bicyclic) bond motifs is 2. The zero-order valence-electron chi connectivity index (χ0n) is 17.1. The summed E-state index contributed by atoms with van der Waals surface area (Å²) in [5.41, 5.74) is 5.96. The summed E-state index contributed by atoms with van der Waals surface area (Å²) in [4.78, 5) is 20.9. The number of nitrogens with one attached hydrogen (secondary N) is 2. The zero-order valence-corrected chi connectivity index (χ0v) is 17.1. The smallest absolute Gasteiger partial charge is 0.258 e. The van der Waals surface area contributed by atoms with Crippen LogP contribution in [-0.2, 0) is 6.54 Å². The summed E-state index contributed by atoms with van der Waals surface area (Å²) in [5, 5.41) is 4.40. The van der Waals surface area contributed by atoms with Crippen molar-refractivity contribution in [1.29, 1.82) is 0 Å². The molecular formula is C24H22N4O2. The average Bonchev–Trinajstić information content (AvgIpc) is 3.33. The maximum atomic E-state index is 13.0. The van der Waals surface area contributed by atoms with Gasteiger partial charge >= 0.3 is 0 Å². The molecule has 5 aromatic rings. The fraction of sp³-hybridized carbons (Fsp3) is 0.167. The molecule has 0 aliphatic rings. The molecule has 0 unspecified atom stereocenters. The molecule has 4 heterocycles. The molecule has 0 radical (unpaired) electrons. The summed E-state index contributed by atoms with van der Waals surface area (Å²) in [6.07, 6.45) is 3.61. The van der Waals surface area contributed by atoms with Gasteiger partial charge in [-0.25, -0.2) is 4.98 Å². The number of aryl methyl sites for hydroxylation is 3. The first kappa shape index (κ1) is 18.2. The van der Waals surface area contributed by atoms with E-state index in [0.717, 1.165) is 44.8 Å². The molecule has 0 fully saturated rings. The maximum Gasteiger partial charge on any atom is 0.258 e. The normalized spacial score (nSPS) is 11.4. The van der Waals surface area contributed by atoms with Crippen molar-refractivity contribution in [2.75, 3.05) is 5.32 Å². The number of aromatic amines is 1. The number of rotatable bonds is 4. The number of aromatic nitrogens is 3. The van der Waals surface area contributed by atoms with E-state index in [9.17, 15) is 4.79 Å². The van der Waals surface area contributed by atoms with Crippen LogP contribution in [0.25, 0.3) is 27.8 Å². The predicted molar refractivity (Wildman–Crippen MR) is 119 cm³/mol. The van der Waals surface area contributed by atoms with Crippen LogP contribution in [0.15, 0.2) is 64.1 Å². The van der Waals surface area contributed by atoms with Gasteiger partial charge in [0.25, 0.3) is 5.56 Å². The van der Waals surface area contributed by atoms with Gasteiger partial charge in [-0.3, -0.25) is 9.20 Å². The van der Waals surface area contributed by atoms with E-state index in [1.54, 1.807) is 6.26 Å². The first-order chi connectivity index (χ1) is 14.5. The number of H-pyrrole nitrogens is 1. The lowest BCUT2D eigenvalue weighted by Crippen LogP contribution is -2.11. The van der Waals surface area contributed by atoms with Crippen molar-refractivity contribution < 1.29 is 4.42 Å². The molecule has 0 aliphatic carbocycles. The van der Waals surface area contributed by atoms with Crippen LogP contribution in [0.1, 0.15) is 22.5 Å². The molecule has 6 heteroatoms. The van der Waals surface area contributed by atoms with Gasteiger partial charge in [0.2, 0.25) is 0 Å². The SMILES string of the molecule is Cc1cc(C)c2[nH]c(=O)c(-c3nc4cc(C)ccn4c3NCc3ccco3)cc2c1. The number of imidazole rings is 1. The van der Waals surface area contributed by atoms with Crippen LogP contribution in [0.2, 0.25) is 0 Å². The lowest BCUT2D eigenvalue weighted by atomic mass is 10.0. The summed E-state index contributed by atoms with van der Waals surface area (Å²) >= 11 is 0. The Hall–Kier alpha value is -3.80. The molecule has 0 atom stereocenters. The Bertz CT molecular complexity index is 1440. The quantitative estimate of drug-likeness (QED) is 0.448. The Morgan fingerprint density at radius 2 is 1.97 bits per heavy atom. The molecule has 0 saturated carbocycles. The highest BCUT2D eigenvalue weighted by Gasteiger charge is 2.18. The number of benzene rings is 1. The van der Waals surface area contributed by atoms with Gasteiger partial charge in [-0.1, -0.05) is 11.6 Å². The Morgan fingerprint density at radius 3 is 2.77 bits per heavy atom. The predicted octanol–water partition coefficient (Wildman–Crippen LogP) is 4.97. The van der Waals surface area contributed by atoms with Gasteiger partial charge in [-0.05, 0) is 73.7 Å². The molecule has 5 rings (SSSR count). The van der Waals surface area contributed by atoms with Crippen LogP contribution in [0.4, 0.5) is 5.82 Å². The highest BCUT2D eigenvalue weighted by Crippen LogP contribution is 2.30. The van der Waals surface area contributed by atoms with Crippen LogP contribution in [0, 0.1) is 20.8 Å². The minimum absolute atomic E-state index is 0.157. The van der Waals surface area contributed by atoms with E-state index in [2.05, 4.69) is 29.4 Å². The van der Waals surface area contributed by atoms with Crippen molar-refractivity contribution >= 4 is 22.4 Å². The second kappa shape index (κ2) is 6.91. The Balaban J connectivity index is 1.72. The summed E-state index contributed by atoms with van der Waals surface area (Å²) in [6.45, 7) is 6.58. The minimum Gasteiger partial charge on any atom is -0.467 e. The van der Waals surface area contributed by atoms with E-state index >= 15 is 0 Å². The lowest BCUT2D eigenvalue weighted by molar-refractivity contribution is 0.518. The average molecular weight is 398 g/mol. The minimum atomic E-state index is -0.157. The van der Waals surface area contributed by atoms with E-state index in [0.29, 0.717) is 17.8 Å². The maximum absolute atomic E-state index is 13.0. The summed E-state index contributed by atoms with van der Waals surface area (Å²) in [5.74, 6) is 1.57. The molecule has 2 N–H and O–H groups in total. The Labute approximate surface area is 173 Å². The molecule has 150 valence electrons. The molecule has 0 spiro atoms. The third-order valence-corrected chi connectivity index (χ3v) is 5.34. The van der Waals surface area contributed by atoms with Crippen LogP contribution in [0.3, 0.4) is 0 Å². The van der Waals surface area contributed by atoms with E-state index in [-0.39, 0.29) is 5.56 Å². The molecule has 0 aliphatic heterocycles. The highest BCUT2D eigenvalue weighted by atomic mass is 16.3.